The molecule has 0 heterocycles. The van der Waals surface area contributed by atoms with Crippen LogP contribution in [0.2, 0.25) is 0 Å². The van der Waals surface area contributed by atoms with Crippen molar-refractivity contribution in [2.45, 2.75) is 90.9 Å². The second-order valence-electron chi connectivity index (χ2n) is 9.18. The Bertz CT molecular complexity index is 717. The third-order valence-corrected chi connectivity index (χ3v) is 6.96. The van der Waals surface area contributed by atoms with Gasteiger partial charge < -0.3 is 0 Å². The number of allylic oxidation sites excluding steroid dienone is 5. The van der Waals surface area contributed by atoms with Gasteiger partial charge >= 0.3 is 0 Å². The Hall–Kier alpha value is -1.56. The molecule has 1 aromatic rings. The van der Waals surface area contributed by atoms with Crippen LogP contribution in [0, 0.1) is 11.8 Å². The average molecular weight is 377 g/mol. The van der Waals surface area contributed by atoms with Crippen molar-refractivity contribution in [1.82, 2.24) is 0 Å². The van der Waals surface area contributed by atoms with Gasteiger partial charge in [-0.25, -0.2) is 0 Å². The maximum Gasteiger partial charge on any atom is 0.0301 e. The Morgan fingerprint density at radius 1 is 1.07 bits per heavy atom. The molecule has 0 aromatic heterocycles. The monoisotopic (exact) mass is 376 g/mol. The van der Waals surface area contributed by atoms with Crippen molar-refractivity contribution in [3.63, 3.8) is 0 Å². The molecule has 3 atom stereocenters. The lowest BCUT2D eigenvalue weighted by atomic mass is 9.73. The van der Waals surface area contributed by atoms with Gasteiger partial charge in [0.1, 0.15) is 0 Å². The van der Waals surface area contributed by atoms with Crippen LogP contribution in [0.5, 0.6) is 0 Å². The summed E-state index contributed by atoms with van der Waals surface area (Å²) in [7, 11) is 0. The second kappa shape index (κ2) is 10.3. The van der Waals surface area contributed by atoms with Crippen molar-refractivity contribution in [1.29, 1.82) is 0 Å². The number of unbranched alkanes of at least 4 members (excludes halogenated alkanes) is 1. The molecule has 0 fully saturated rings. The fourth-order valence-electron chi connectivity index (χ4n) is 5.39. The number of fused-ring (bicyclic) bond motifs is 1. The van der Waals surface area contributed by atoms with Gasteiger partial charge in [0, 0.05) is 5.92 Å². The van der Waals surface area contributed by atoms with Crippen LogP contribution in [-0.2, 0) is 6.42 Å². The summed E-state index contributed by atoms with van der Waals surface area (Å²) in [6, 6.07) is 9.19. The van der Waals surface area contributed by atoms with E-state index in [1.165, 1.54) is 75.3 Å². The standard InChI is InChI=1S/C28H40/c1-5-7-13-21(3)20-25(12-6-2)22(4)28-26-16-10-8-14-23(26)18-19-24-15-9-11-17-27(24)28/h8,10-11,14,16-17,21,25,28H,4-7,9,12-13,15,18-20H2,1-3H3. The van der Waals surface area contributed by atoms with Gasteiger partial charge in [0.15, 0.2) is 0 Å². The molecule has 0 radical (unpaired) electrons. The van der Waals surface area contributed by atoms with Crippen LogP contribution in [0.4, 0.5) is 0 Å². The van der Waals surface area contributed by atoms with Crippen LogP contribution in [0.1, 0.15) is 95.6 Å². The zero-order valence-electron chi connectivity index (χ0n) is 18.5. The summed E-state index contributed by atoms with van der Waals surface area (Å²) in [5.41, 5.74) is 7.85. The fraction of sp³-hybridized carbons (Fsp3) is 0.571. The van der Waals surface area contributed by atoms with Gasteiger partial charge in [-0.05, 0) is 67.1 Å². The highest BCUT2D eigenvalue weighted by Crippen LogP contribution is 2.46. The summed E-state index contributed by atoms with van der Waals surface area (Å²) < 4.78 is 0. The molecule has 0 saturated carbocycles. The minimum atomic E-state index is 0.403. The first-order chi connectivity index (χ1) is 13.7. The Kier molecular flexibility index (Phi) is 7.77. The van der Waals surface area contributed by atoms with Gasteiger partial charge in [0.25, 0.3) is 0 Å². The highest BCUT2D eigenvalue weighted by molar-refractivity contribution is 5.51. The van der Waals surface area contributed by atoms with Crippen LogP contribution < -0.4 is 0 Å². The summed E-state index contributed by atoms with van der Waals surface area (Å²) in [6.07, 6.45) is 17.6. The zero-order valence-corrected chi connectivity index (χ0v) is 18.5. The van der Waals surface area contributed by atoms with E-state index in [1.54, 1.807) is 16.7 Å². The van der Waals surface area contributed by atoms with Gasteiger partial charge in [0.05, 0.1) is 0 Å². The lowest BCUT2D eigenvalue weighted by molar-refractivity contribution is 0.374. The SMILES string of the molecule is C=C(C(CCC)CC(C)CCCC)C1C2=C(CCC=C2)CCc2ccccc21. The van der Waals surface area contributed by atoms with E-state index < -0.39 is 0 Å². The van der Waals surface area contributed by atoms with Gasteiger partial charge in [-0.2, -0.15) is 0 Å². The van der Waals surface area contributed by atoms with Crippen LogP contribution in [-0.4, -0.2) is 0 Å². The van der Waals surface area contributed by atoms with E-state index in [0.29, 0.717) is 11.8 Å². The normalized spacial score (nSPS) is 20.9. The molecule has 0 nitrogen and oxygen atoms in total. The summed E-state index contributed by atoms with van der Waals surface area (Å²) in [4.78, 5) is 0. The topological polar surface area (TPSA) is 0 Å². The van der Waals surface area contributed by atoms with E-state index in [0.717, 1.165) is 5.92 Å². The summed E-state index contributed by atoms with van der Waals surface area (Å²) in [5.74, 6) is 1.84. The first-order valence-electron chi connectivity index (χ1n) is 11.8. The molecule has 3 rings (SSSR count). The number of benzene rings is 1. The summed E-state index contributed by atoms with van der Waals surface area (Å²) in [5, 5.41) is 0. The number of hydrogen-bond donors (Lipinski definition) is 0. The molecule has 0 aliphatic heterocycles. The van der Waals surface area contributed by atoms with Crippen molar-refractivity contribution in [3.8, 4) is 0 Å². The first-order valence-corrected chi connectivity index (χ1v) is 11.8. The summed E-state index contributed by atoms with van der Waals surface area (Å²) >= 11 is 0. The molecule has 152 valence electrons. The van der Waals surface area contributed by atoms with E-state index >= 15 is 0 Å². The maximum atomic E-state index is 4.79. The van der Waals surface area contributed by atoms with E-state index in [4.69, 9.17) is 6.58 Å². The molecule has 2 aliphatic rings. The smallest absolute Gasteiger partial charge is 0.0301 e. The molecular formula is C28H40. The van der Waals surface area contributed by atoms with Gasteiger partial charge in [-0.3, -0.25) is 0 Å². The Labute approximate surface area is 173 Å². The fourth-order valence-corrected chi connectivity index (χ4v) is 5.39. The van der Waals surface area contributed by atoms with Crippen LogP contribution >= 0.6 is 0 Å². The molecule has 3 unspecified atom stereocenters. The minimum Gasteiger partial charge on any atom is -0.0986 e. The first kappa shape index (κ1) is 21.2. The molecule has 1 aromatic carbocycles. The quantitative estimate of drug-likeness (QED) is 0.379. The highest BCUT2D eigenvalue weighted by Gasteiger charge is 2.31. The molecule has 0 spiro atoms. The minimum absolute atomic E-state index is 0.403. The molecule has 0 amide bonds. The van der Waals surface area contributed by atoms with Crippen LogP contribution in [0.3, 0.4) is 0 Å². The molecule has 0 bridgehead atoms. The van der Waals surface area contributed by atoms with E-state index in [-0.39, 0.29) is 0 Å². The number of rotatable bonds is 9. The zero-order chi connectivity index (χ0) is 19.9. The summed E-state index contributed by atoms with van der Waals surface area (Å²) in [6.45, 7) is 11.9. The molecule has 2 aliphatic carbocycles. The number of hydrogen-bond acceptors (Lipinski definition) is 0. The molecular weight excluding hydrogens is 336 g/mol. The maximum absolute atomic E-state index is 4.79. The molecule has 0 N–H and O–H groups in total. The molecule has 28 heavy (non-hydrogen) atoms. The van der Waals surface area contributed by atoms with Crippen molar-refractivity contribution < 1.29 is 0 Å². The van der Waals surface area contributed by atoms with Crippen LogP contribution in [0.25, 0.3) is 0 Å². The number of aryl methyl sites for hydroxylation is 1. The Morgan fingerprint density at radius 3 is 2.68 bits per heavy atom. The predicted molar refractivity (Wildman–Crippen MR) is 124 cm³/mol. The molecule has 0 saturated heterocycles. The van der Waals surface area contributed by atoms with E-state index in [1.807, 2.05) is 0 Å². The van der Waals surface area contributed by atoms with Crippen LogP contribution in [0.15, 0.2) is 59.7 Å². The Balaban J connectivity index is 1.93. The van der Waals surface area contributed by atoms with E-state index in [2.05, 4.69) is 57.2 Å². The van der Waals surface area contributed by atoms with Gasteiger partial charge in [-0.1, -0.05) is 101 Å². The van der Waals surface area contributed by atoms with Crippen molar-refractivity contribution in [3.05, 3.63) is 70.8 Å². The second-order valence-corrected chi connectivity index (χ2v) is 9.18. The van der Waals surface area contributed by atoms with E-state index in [9.17, 15) is 0 Å². The van der Waals surface area contributed by atoms with Gasteiger partial charge in [-0.15, -0.1) is 0 Å². The molecule has 0 heteroatoms. The van der Waals surface area contributed by atoms with Crippen molar-refractivity contribution in [2.75, 3.05) is 0 Å². The third kappa shape index (κ3) is 4.88. The van der Waals surface area contributed by atoms with Gasteiger partial charge in [0.2, 0.25) is 0 Å². The highest BCUT2D eigenvalue weighted by atomic mass is 14.3. The lowest BCUT2D eigenvalue weighted by Gasteiger charge is -2.32. The third-order valence-electron chi connectivity index (χ3n) is 6.96. The van der Waals surface area contributed by atoms with Crippen molar-refractivity contribution in [2.24, 2.45) is 11.8 Å². The Morgan fingerprint density at radius 2 is 1.89 bits per heavy atom. The predicted octanol–water partition coefficient (Wildman–Crippen LogP) is 8.55. The average Bonchev–Trinajstić information content (AvgIpc) is 2.88. The largest absolute Gasteiger partial charge is 0.0986 e. The van der Waals surface area contributed by atoms with Crippen molar-refractivity contribution >= 4 is 0 Å². The lowest BCUT2D eigenvalue weighted by Crippen LogP contribution is -2.17.